The maximum absolute atomic E-state index is 12.5. The second-order valence-corrected chi connectivity index (χ2v) is 6.66. The summed E-state index contributed by atoms with van der Waals surface area (Å²) in [6, 6.07) is 7.56. The van der Waals surface area contributed by atoms with Gasteiger partial charge in [0.1, 0.15) is 5.75 Å². The SMILES string of the molecule is CCCCC[C@H](O)C=Cc1cccc2c1/C(=C/c1[nH]ccc1OC)C(=O)N2. The molecule has 0 unspecified atom stereocenters. The number of aliphatic hydroxyl groups is 1. The smallest absolute Gasteiger partial charge is 0.256 e. The zero-order valence-corrected chi connectivity index (χ0v) is 15.8. The fourth-order valence-corrected chi connectivity index (χ4v) is 3.27. The van der Waals surface area contributed by atoms with Crippen LogP contribution in [0.5, 0.6) is 5.75 Å². The lowest BCUT2D eigenvalue weighted by atomic mass is 9.98. The van der Waals surface area contributed by atoms with E-state index >= 15 is 0 Å². The van der Waals surface area contributed by atoms with Crippen molar-refractivity contribution in [3.63, 3.8) is 0 Å². The predicted molar refractivity (Wildman–Crippen MR) is 109 cm³/mol. The number of unbranched alkanes of at least 4 members (excludes halogenated alkanes) is 2. The van der Waals surface area contributed by atoms with E-state index in [2.05, 4.69) is 17.2 Å². The van der Waals surface area contributed by atoms with E-state index in [0.717, 1.165) is 48.2 Å². The number of hydrogen-bond donors (Lipinski definition) is 3. The van der Waals surface area contributed by atoms with Crippen molar-refractivity contribution < 1.29 is 14.6 Å². The largest absolute Gasteiger partial charge is 0.495 e. The van der Waals surface area contributed by atoms with Gasteiger partial charge in [-0.05, 0) is 30.2 Å². The van der Waals surface area contributed by atoms with Crippen LogP contribution in [0.15, 0.2) is 36.5 Å². The molecule has 1 aromatic heterocycles. The zero-order chi connectivity index (χ0) is 19.2. The van der Waals surface area contributed by atoms with Crippen LogP contribution in [0.2, 0.25) is 0 Å². The molecule has 2 heterocycles. The van der Waals surface area contributed by atoms with Crippen LogP contribution in [-0.2, 0) is 4.79 Å². The van der Waals surface area contributed by atoms with E-state index in [0.29, 0.717) is 11.3 Å². The Morgan fingerprint density at radius 2 is 2.11 bits per heavy atom. The number of carbonyl (C=O) groups is 1. The maximum atomic E-state index is 12.5. The van der Waals surface area contributed by atoms with Gasteiger partial charge < -0.3 is 20.1 Å². The second kappa shape index (κ2) is 8.73. The second-order valence-electron chi connectivity index (χ2n) is 6.66. The summed E-state index contributed by atoms with van der Waals surface area (Å²) in [6.45, 7) is 2.15. The van der Waals surface area contributed by atoms with Gasteiger partial charge in [0.2, 0.25) is 0 Å². The van der Waals surface area contributed by atoms with E-state index in [-0.39, 0.29) is 5.91 Å². The molecule has 1 atom stereocenters. The van der Waals surface area contributed by atoms with Crippen molar-refractivity contribution in [1.82, 2.24) is 4.98 Å². The minimum absolute atomic E-state index is 0.147. The number of aliphatic hydroxyl groups excluding tert-OH is 1. The number of H-pyrrole nitrogens is 1. The number of aromatic amines is 1. The highest BCUT2D eigenvalue weighted by atomic mass is 16.5. The Kier molecular flexibility index (Phi) is 6.14. The summed E-state index contributed by atoms with van der Waals surface area (Å²) in [6.07, 6.45) is 10.8. The van der Waals surface area contributed by atoms with Crippen LogP contribution in [-0.4, -0.2) is 29.2 Å². The van der Waals surface area contributed by atoms with E-state index in [1.807, 2.05) is 30.3 Å². The van der Waals surface area contributed by atoms with Crippen LogP contribution in [0.25, 0.3) is 17.7 Å². The topological polar surface area (TPSA) is 74.3 Å². The van der Waals surface area contributed by atoms with Gasteiger partial charge in [0.15, 0.2) is 0 Å². The number of methoxy groups -OCH3 is 1. The number of nitrogens with one attached hydrogen (secondary N) is 2. The molecule has 0 spiro atoms. The fourth-order valence-electron chi connectivity index (χ4n) is 3.27. The molecule has 3 rings (SSSR count). The Labute approximate surface area is 159 Å². The first-order chi connectivity index (χ1) is 13.1. The van der Waals surface area contributed by atoms with Gasteiger partial charge in [0.25, 0.3) is 5.91 Å². The minimum Gasteiger partial charge on any atom is -0.495 e. The summed E-state index contributed by atoms with van der Waals surface area (Å²) < 4.78 is 5.32. The molecule has 27 heavy (non-hydrogen) atoms. The average Bonchev–Trinajstić information content (AvgIpc) is 3.24. The highest BCUT2D eigenvalue weighted by Crippen LogP contribution is 2.37. The summed E-state index contributed by atoms with van der Waals surface area (Å²) in [5.74, 6) is 0.536. The monoisotopic (exact) mass is 366 g/mol. The van der Waals surface area contributed by atoms with Gasteiger partial charge in [-0.25, -0.2) is 0 Å². The van der Waals surface area contributed by atoms with Crippen LogP contribution >= 0.6 is 0 Å². The first-order valence-corrected chi connectivity index (χ1v) is 9.38. The van der Waals surface area contributed by atoms with Crippen LogP contribution < -0.4 is 10.1 Å². The van der Waals surface area contributed by atoms with Crippen molar-refractivity contribution in [2.45, 2.75) is 38.7 Å². The Bertz CT molecular complexity index is 864. The highest BCUT2D eigenvalue weighted by Gasteiger charge is 2.26. The Balaban J connectivity index is 1.90. The fraction of sp³-hybridized carbons (Fsp3) is 0.318. The molecule has 1 aliphatic rings. The van der Waals surface area contributed by atoms with E-state index < -0.39 is 6.10 Å². The number of carbonyl (C=O) groups excluding carboxylic acids is 1. The van der Waals surface area contributed by atoms with Gasteiger partial charge in [-0.15, -0.1) is 0 Å². The van der Waals surface area contributed by atoms with Crippen molar-refractivity contribution in [2.75, 3.05) is 12.4 Å². The van der Waals surface area contributed by atoms with E-state index in [1.165, 1.54) is 0 Å². The molecule has 0 radical (unpaired) electrons. The third kappa shape index (κ3) is 4.31. The quantitative estimate of drug-likeness (QED) is 0.477. The summed E-state index contributed by atoms with van der Waals surface area (Å²) >= 11 is 0. The third-order valence-corrected chi connectivity index (χ3v) is 4.71. The Hall–Kier alpha value is -2.79. The van der Waals surface area contributed by atoms with Gasteiger partial charge >= 0.3 is 0 Å². The van der Waals surface area contributed by atoms with Crippen LogP contribution in [0.1, 0.15) is 49.4 Å². The number of hydrogen-bond acceptors (Lipinski definition) is 3. The molecular weight excluding hydrogens is 340 g/mol. The van der Waals surface area contributed by atoms with Crippen molar-refractivity contribution in [3.05, 3.63) is 53.4 Å². The van der Waals surface area contributed by atoms with Crippen molar-refractivity contribution >= 4 is 29.3 Å². The van der Waals surface area contributed by atoms with Crippen molar-refractivity contribution in [2.24, 2.45) is 0 Å². The Morgan fingerprint density at radius 3 is 2.89 bits per heavy atom. The molecule has 0 aliphatic carbocycles. The Morgan fingerprint density at radius 1 is 1.26 bits per heavy atom. The number of ether oxygens (including phenoxy) is 1. The zero-order valence-electron chi connectivity index (χ0n) is 15.8. The molecule has 0 fully saturated rings. The van der Waals surface area contributed by atoms with Crippen LogP contribution in [0.3, 0.4) is 0 Å². The number of aromatic nitrogens is 1. The first kappa shape index (κ1) is 19.0. The summed E-state index contributed by atoms with van der Waals surface area (Å²) in [4.78, 5) is 15.6. The predicted octanol–water partition coefficient (Wildman–Crippen LogP) is 4.47. The maximum Gasteiger partial charge on any atom is 0.256 e. The van der Waals surface area contributed by atoms with Crippen molar-refractivity contribution in [1.29, 1.82) is 0 Å². The molecule has 1 amide bonds. The third-order valence-electron chi connectivity index (χ3n) is 4.71. The van der Waals surface area contributed by atoms with E-state index in [9.17, 15) is 9.90 Å². The highest BCUT2D eigenvalue weighted by molar-refractivity contribution is 6.35. The first-order valence-electron chi connectivity index (χ1n) is 9.38. The number of anilines is 1. The van der Waals surface area contributed by atoms with Gasteiger partial charge in [-0.1, -0.05) is 50.5 Å². The molecular formula is C22H26N2O3. The number of benzene rings is 1. The summed E-state index contributed by atoms with van der Waals surface area (Å²) in [5, 5.41) is 13.1. The van der Waals surface area contributed by atoms with Gasteiger partial charge in [0, 0.05) is 17.4 Å². The van der Waals surface area contributed by atoms with Crippen molar-refractivity contribution in [3.8, 4) is 5.75 Å². The molecule has 142 valence electrons. The molecule has 2 aromatic rings. The lowest BCUT2D eigenvalue weighted by Crippen LogP contribution is -2.03. The van der Waals surface area contributed by atoms with Gasteiger partial charge in [-0.2, -0.15) is 0 Å². The normalized spacial score (nSPS) is 16.0. The molecule has 5 nitrogen and oxygen atoms in total. The summed E-state index contributed by atoms with van der Waals surface area (Å²) in [7, 11) is 1.60. The molecule has 5 heteroatoms. The molecule has 3 N–H and O–H groups in total. The molecule has 0 saturated carbocycles. The molecule has 1 aliphatic heterocycles. The van der Waals surface area contributed by atoms with Crippen LogP contribution in [0.4, 0.5) is 5.69 Å². The minimum atomic E-state index is -0.478. The lowest BCUT2D eigenvalue weighted by Gasteiger charge is -2.07. The standard InChI is InChI=1S/C22H26N2O3/c1-3-4-5-8-16(25)11-10-15-7-6-9-18-21(15)17(22(26)24-18)14-19-20(27-2)12-13-23-19/h6-7,9-14,16,23,25H,3-5,8H2,1-2H3,(H,24,26)/b11-10?,17-14-/t16-/m0/s1. The van der Waals surface area contributed by atoms with Crippen LogP contribution in [0, 0.1) is 0 Å². The molecule has 0 bridgehead atoms. The number of rotatable bonds is 8. The van der Waals surface area contributed by atoms with Gasteiger partial charge in [-0.3, -0.25) is 4.79 Å². The lowest BCUT2D eigenvalue weighted by molar-refractivity contribution is -0.110. The molecule has 1 aromatic carbocycles. The van der Waals surface area contributed by atoms with E-state index in [1.54, 1.807) is 25.5 Å². The van der Waals surface area contributed by atoms with Gasteiger partial charge in [0.05, 0.1) is 24.5 Å². The molecule has 0 saturated heterocycles. The summed E-state index contributed by atoms with van der Waals surface area (Å²) in [5.41, 5.74) is 3.84. The number of fused-ring (bicyclic) bond motifs is 1. The average molecular weight is 366 g/mol. The van der Waals surface area contributed by atoms with E-state index in [4.69, 9.17) is 4.74 Å². The number of amides is 1.